The van der Waals surface area contributed by atoms with Crippen LogP contribution in [0.15, 0.2) is 115 Å². The molecule has 0 aliphatic carbocycles. The van der Waals surface area contributed by atoms with E-state index in [0.717, 1.165) is 28.2 Å². The van der Waals surface area contributed by atoms with Crippen molar-refractivity contribution < 1.29 is 0 Å². The molecule has 0 radical (unpaired) electrons. The zero-order valence-corrected chi connectivity index (χ0v) is 18.5. The minimum absolute atomic E-state index is 0.236. The van der Waals surface area contributed by atoms with Crippen molar-refractivity contribution in [2.45, 2.75) is 13.0 Å². The topological polar surface area (TPSA) is 43.0 Å². The Labute approximate surface area is 193 Å². The number of rotatable bonds is 3. The molecule has 1 aliphatic heterocycles. The maximum atomic E-state index is 6.39. The second-order valence-electron chi connectivity index (χ2n) is 8.59. The van der Waals surface area contributed by atoms with Gasteiger partial charge in [-0.1, -0.05) is 84.9 Å². The van der Waals surface area contributed by atoms with Crippen LogP contribution in [0.25, 0.3) is 44.2 Å². The molecule has 3 heteroatoms. The lowest BCUT2D eigenvalue weighted by Gasteiger charge is -2.21. The predicted molar refractivity (Wildman–Crippen MR) is 139 cm³/mol. The molecule has 0 bridgehead atoms. The van der Waals surface area contributed by atoms with Gasteiger partial charge in [0.15, 0.2) is 0 Å². The van der Waals surface area contributed by atoms with Crippen LogP contribution in [0.3, 0.4) is 0 Å². The van der Waals surface area contributed by atoms with E-state index in [0.29, 0.717) is 0 Å². The number of benzene rings is 4. The number of fused-ring (bicyclic) bond motifs is 3. The van der Waals surface area contributed by atoms with E-state index in [1.54, 1.807) is 0 Å². The van der Waals surface area contributed by atoms with Crippen LogP contribution in [0, 0.1) is 0 Å². The van der Waals surface area contributed by atoms with E-state index in [4.69, 9.17) is 5.73 Å². The SMILES string of the molecule is CC1C=CC(c2ccccc2-c2cccc(-n3c4ccccc4c4ccccc43)c2)=C(N)N1. The van der Waals surface area contributed by atoms with Crippen molar-refractivity contribution in [3.05, 3.63) is 121 Å². The minimum Gasteiger partial charge on any atom is -0.385 e. The summed E-state index contributed by atoms with van der Waals surface area (Å²) in [5.74, 6) is 0.719. The lowest BCUT2D eigenvalue weighted by Crippen LogP contribution is -2.31. The standard InChI is InChI=1S/C30H25N3/c1-20-17-18-27(30(31)32-20)24-12-3-2-11-23(24)21-9-8-10-22(19-21)33-28-15-6-4-13-25(28)26-14-5-7-16-29(26)33/h2-20,32H,31H2,1H3. The number of aromatic nitrogens is 1. The number of dihydropyridines is 1. The Morgan fingerprint density at radius 1 is 0.727 bits per heavy atom. The summed E-state index contributed by atoms with van der Waals surface area (Å²) in [7, 11) is 0. The molecule has 5 aromatic rings. The van der Waals surface area contributed by atoms with Crippen LogP contribution < -0.4 is 11.1 Å². The van der Waals surface area contributed by atoms with Crippen molar-refractivity contribution in [1.82, 2.24) is 9.88 Å². The third-order valence-electron chi connectivity index (χ3n) is 6.44. The molecule has 0 amide bonds. The Kier molecular flexibility index (Phi) is 4.55. The maximum Gasteiger partial charge on any atom is 0.105 e. The maximum absolute atomic E-state index is 6.39. The number of allylic oxidation sites excluding steroid dienone is 2. The molecule has 1 atom stereocenters. The zero-order chi connectivity index (χ0) is 22.4. The smallest absolute Gasteiger partial charge is 0.105 e. The first-order chi connectivity index (χ1) is 16.2. The van der Waals surface area contributed by atoms with E-state index >= 15 is 0 Å². The van der Waals surface area contributed by atoms with Crippen LogP contribution in [0.4, 0.5) is 0 Å². The second kappa shape index (κ2) is 7.72. The van der Waals surface area contributed by atoms with Gasteiger partial charge in [-0.25, -0.2) is 0 Å². The van der Waals surface area contributed by atoms with Gasteiger partial charge >= 0.3 is 0 Å². The third-order valence-corrected chi connectivity index (χ3v) is 6.44. The van der Waals surface area contributed by atoms with Crippen LogP contribution in [-0.2, 0) is 0 Å². The zero-order valence-electron chi connectivity index (χ0n) is 18.5. The van der Waals surface area contributed by atoms with E-state index in [9.17, 15) is 0 Å². The van der Waals surface area contributed by atoms with Crippen molar-refractivity contribution >= 4 is 27.4 Å². The molecule has 0 saturated carbocycles. The van der Waals surface area contributed by atoms with E-state index in [-0.39, 0.29) is 6.04 Å². The van der Waals surface area contributed by atoms with E-state index in [1.165, 1.54) is 27.4 Å². The van der Waals surface area contributed by atoms with Gasteiger partial charge in [0.25, 0.3) is 0 Å². The normalized spacial score (nSPS) is 15.8. The molecule has 1 aromatic heterocycles. The summed E-state index contributed by atoms with van der Waals surface area (Å²) in [6, 6.07) is 34.7. The van der Waals surface area contributed by atoms with Gasteiger partial charge in [0.05, 0.1) is 11.0 Å². The largest absolute Gasteiger partial charge is 0.385 e. The van der Waals surface area contributed by atoms with E-state index < -0.39 is 0 Å². The van der Waals surface area contributed by atoms with Crippen LogP contribution in [0.5, 0.6) is 0 Å². The highest BCUT2D eigenvalue weighted by atomic mass is 15.0. The Morgan fingerprint density at radius 3 is 2.06 bits per heavy atom. The average Bonchev–Trinajstić information content (AvgIpc) is 3.19. The van der Waals surface area contributed by atoms with Gasteiger partial charge in [0, 0.05) is 28.1 Å². The summed E-state index contributed by atoms with van der Waals surface area (Å²) < 4.78 is 2.36. The minimum atomic E-state index is 0.236. The highest BCUT2D eigenvalue weighted by molar-refractivity contribution is 6.09. The summed E-state index contributed by atoms with van der Waals surface area (Å²) in [6.07, 6.45) is 4.28. The monoisotopic (exact) mass is 427 g/mol. The van der Waals surface area contributed by atoms with Crippen LogP contribution >= 0.6 is 0 Å². The molecular formula is C30H25N3. The second-order valence-corrected chi connectivity index (χ2v) is 8.59. The Morgan fingerprint density at radius 2 is 1.36 bits per heavy atom. The molecular weight excluding hydrogens is 402 g/mol. The van der Waals surface area contributed by atoms with E-state index in [2.05, 4.69) is 126 Å². The molecule has 2 heterocycles. The number of nitrogens with two attached hydrogens (primary N) is 1. The molecule has 0 fully saturated rings. The average molecular weight is 428 g/mol. The quantitative estimate of drug-likeness (QED) is 0.339. The molecule has 33 heavy (non-hydrogen) atoms. The summed E-state index contributed by atoms with van der Waals surface area (Å²) >= 11 is 0. The predicted octanol–water partition coefficient (Wildman–Crippen LogP) is 6.63. The highest BCUT2D eigenvalue weighted by Gasteiger charge is 2.16. The first-order valence-corrected chi connectivity index (χ1v) is 11.3. The number of nitrogens with zero attached hydrogens (tertiary/aromatic N) is 1. The fourth-order valence-corrected chi connectivity index (χ4v) is 4.92. The molecule has 1 unspecified atom stereocenters. The first-order valence-electron chi connectivity index (χ1n) is 11.3. The molecule has 6 rings (SSSR count). The Bertz CT molecular complexity index is 1520. The summed E-state index contributed by atoms with van der Waals surface area (Å²) in [6.45, 7) is 2.10. The number of hydrogen-bond donors (Lipinski definition) is 2. The Hall–Kier alpha value is -4.24. The summed E-state index contributed by atoms with van der Waals surface area (Å²) in [5, 5.41) is 5.88. The van der Waals surface area contributed by atoms with Gasteiger partial charge in [-0.05, 0) is 47.9 Å². The lowest BCUT2D eigenvalue weighted by atomic mass is 9.92. The molecule has 4 aromatic carbocycles. The van der Waals surface area contributed by atoms with Crippen molar-refractivity contribution in [3.63, 3.8) is 0 Å². The van der Waals surface area contributed by atoms with Gasteiger partial charge in [0.2, 0.25) is 0 Å². The van der Waals surface area contributed by atoms with Crippen LogP contribution in [0.2, 0.25) is 0 Å². The molecule has 3 N–H and O–H groups in total. The summed E-state index contributed by atoms with van der Waals surface area (Å²) in [4.78, 5) is 0. The Balaban J connectivity index is 1.55. The van der Waals surface area contributed by atoms with Gasteiger partial charge in [-0.3, -0.25) is 0 Å². The van der Waals surface area contributed by atoms with Crippen LogP contribution in [0.1, 0.15) is 12.5 Å². The number of nitrogens with one attached hydrogen (secondary N) is 1. The number of hydrogen-bond acceptors (Lipinski definition) is 2. The fourth-order valence-electron chi connectivity index (χ4n) is 4.92. The van der Waals surface area contributed by atoms with Gasteiger partial charge in [0.1, 0.15) is 5.82 Å². The molecule has 0 saturated heterocycles. The van der Waals surface area contributed by atoms with Crippen molar-refractivity contribution in [2.75, 3.05) is 0 Å². The highest BCUT2D eigenvalue weighted by Crippen LogP contribution is 2.35. The fraction of sp³-hybridized carbons (Fsp3) is 0.0667. The van der Waals surface area contributed by atoms with Crippen molar-refractivity contribution in [2.24, 2.45) is 5.73 Å². The van der Waals surface area contributed by atoms with E-state index in [1.807, 2.05) is 0 Å². The molecule has 3 nitrogen and oxygen atoms in total. The van der Waals surface area contributed by atoms with Crippen LogP contribution in [-0.4, -0.2) is 10.6 Å². The number of para-hydroxylation sites is 2. The lowest BCUT2D eigenvalue weighted by molar-refractivity contribution is 0.714. The molecule has 160 valence electrons. The third kappa shape index (κ3) is 3.21. The van der Waals surface area contributed by atoms with Crippen molar-refractivity contribution in [1.29, 1.82) is 0 Å². The summed E-state index contributed by atoms with van der Waals surface area (Å²) in [5.41, 5.74) is 14.5. The molecule has 1 aliphatic rings. The van der Waals surface area contributed by atoms with Gasteiger partial charge < -0.3 is 15.6 Å². The first kappa shape index (κ1) is 19.4. The molecule has 0 spiro atoms. The van der Waals surface area contributed by atoms with Crippen molar-refractivity contribution in [3.8, 4) is 16.8 Å². The van der Waals surface area contributed by atoms with Gasteiger partial charge in [-0.2, -0.15) is 0 Å². The van der Waals surface area contributed by atoms with Gasteiger partial charge in [-0.15, -0.1) is 0 Å².